The molecule has 0 aliphatic heterocycles. The van der Waals surface area contributed by atoms with E-state index in [9.17, 15) is 5.11 Å². The molecule has 1 saturated carbocycles. The third-order valence-corrected chi connectivity index (χ3v) is 3.79. The Kier molecular flexibility index (Phi) is 2.60. The van der Waals surface area contributed by atoms with E-state index in [4.69, 9.17) is 0 Å². The van der Waals surface area contributed by atoms with Crippen LogP contribution in [0.3, 0.4) is 0 Å². The first-order valence-corrected chi connectivity index (χ1v) is 6.35. The third kappa shape index (κ3) is 2.22. The maximum absolute atomic E-state index is 9.49. The van der Waals surface area contributed by atoms with Crippen molar-refractivity contribution in [3.8, 4) is 5.75 Å². The molecule has 1 fully saturated rings. The van der Waals surface area contributed by atoms with Crippen LogP contribution in [0.25, 0.3) is 0 Å². The van der Waals surface area contributed by atoms with Crippen molar-refractivity contribution in [2.24, 2.45) is 5.92 Å². The van der Waals surface area contributed by atoms with Crippen LogP contribution in [-0.2, 0) is 12.8 Å². The zero-order valence-corrected chi connectivity index (χ0v) is 9.58. The van der Waals surface area contributed by atoms with Crippen molar-refractivity contribution >= 4 is 0 Å². The van der Waals surface area contributed by atoms with Gasteiger partial charge < -0.3 is 10.4 Å². The summed E-state index contributed by atoms with van der Waals surface area (Å²) in [4.78, 5) is 0. The number of nitrogens with one attached hydrogen (secondary N) is 1. The number of benzene rings is 1. The number of aryl methyl sites for hydroxylation is 1. The average Bonchev–Trinajstić information content (AvgIpc) is 3.09. The molecule has 1 aromatic carbocycles. The van der Waals surface area contributed by atoms with Gasteiger partial charge in [-0.1, -0.05) is 6.07 Å². The number of hydrogen-bond donors (Lipinski definition) is 2. The highest BCUT2D eigenvalue weighted by atomic mass is 16.3. The topological polar surface area (TPSA) is 32.3 Å². The molecule has 2 nitrogen and oxygen atoms in total. The van der Waals surface area contributed by atoms with Gasteiger partial charge in [0.05, 0.1) is 0 Å². The molecule has 2 aliphatic carbocycles. The summed E-state index contributed by atoms with van der Waals surface area (Å²) >= 11 is 0. The number of aromatic hydroxyl groups is 1. The zero-order valence-electron chi connectivity index (χ0n) is 9.58. The van der Waals surface area contributed by atoms with Gasteiger partial charge in [0.1, 0.15) is 5.75 Å². The minimum atomic E-state index is 0.412. The minimum Gasteiger partial charge on any atom is -0.508 e. The fourth-order valence-electron chi connectivity index (χ4n) is 2.61. The number of hydrogen-bond acceptors (Lipinski definition) is 2. The predicted molar refractivity (Wildman–Crippen MR) is 64.6 cm³/mol. The molecule has 0 radical (unpaired) electrons. The number of phenols is 1. The Balaban J connectivity index is 1.64. The van der Waals surface area contributed by atoms with Gasteiger partial charge in [-0.15, -0.1) is 0 Å². The van der Waals surface area contributed by atoms with Gasteiger partial charge >= 0.3 is 0 Å². The standard InChI is InChI=1S/C14H19NO/c16-14-6-3-11-2-1-10(7-12(11)8-14)9-15-13-4-5-13/h3,6,8,10,13,15-16H,1-2,4-5,7,9H2. The molecule has 0 heterocycles. The lowest BCUT2D eigenvalue weighted by molar-refractivity contribution is 0.420. The molecule has 86 valence electrons. The normalized spacial score (nSPS) is 24.1. The molecule has 0 amide bonds. The van der Waals surface area contributed by atoms with Gasteiger partial charge in [0.25, 0.3) is 0 Å². The van der Waals surface area contributed by atoms with Gasteiger partial charge in [0.15, 0.2) is 0 Å². The lowest BCUT2D eigenvalue weighted by atomic mass is 9.84. The second kappa shape index (κ2) is 4.10. The summed E-state index contributed by atoms with van der Waals surface area (Å²) in [6.07, 6.45) is 6.32. The van der Waals surface area contributed by atoms with Gasteiger partial charge in [-0.05, 0) is 67.8 Å². The predicted octanol–water partition coefficient (Wildman–Crippen LogP) is 2.25. The van der Waals surface area contributed by atoms with E-state index in [-0.39, 0.29) is 0 Å². The van der Waals surface area contributed by atoms with Gasteiger partial charge in [0, 0.05) is 6.04 Å². The maximum Gasteiger partial charge on any atom is 0.115 e. The van der Waals surface area contributed by atoms with Crippen molar-refractivity contribution in [3.63, 3.8) is 0 Å². The largest absolute Gasteiger partial charge is 0.508 e. The van der Waals surface area contributed by atoms with E-state index in [0.29, 0.717) is 5.75 Å². The van der Waals surface area contributed by atoms with E-state index in [1.54, 1.807) is 0 Å². The van der Waals surface area contributed by atoms with Crippen LogP contribution in [0.15, 0.2) is 18.2 Å². The summed E-state index contributed by atoms with van der Waals surface area (Å²) in [5.41, 5.74) is 2.79. The Bertz CT molecular complexity index is 384. The molecular formula is C14H19NO. The molecule has 0 bridgehead atoms. The van der Waals surface area contributed by atoms with Crippen LogP contribution in [0, 0.1) is 5.92 Å². The summed E-state index contributed by atoms with van der Waals surface area (Å²) in [5, 5.41) is 13.1. The highest BCUT2D eigenvalue weighted by Gasteiger charge is 2.24. The lowest BCUT2D eigenvalue weighted by Gasteiger charge is -2.25. The van der Waals surface area contributed by atoms with Gasteiger partial charge in [-0.3, -0.25) is 0 Å². The van der Waals surface area contributed by atoms with Crippen molar-refractivity contribution in [2.45, 2.75) is 38.1 Å². The van der Waals surface area contributed by atoms with Crippen LogP contribution in [-0.4, -0.2) is 17.7 Å². The van der Waals surface area contributed by atoms with E-state index in [0.717, 1.165) is 24.9 Å². The van der Waals surface area contributed by atoms with E-state index in [2.05, 4.69) is 11.4 Å². The molecule has 2 N–H and O–H groups in total. The lowest BCUT2D eigenvalue weighted by Crippen LogP contribution is -2.28. The zero-order chi connectivity index (χ0) is 11.0. The van der Waals surface area contributed by atoms with E-state index in [1.165, 1.54) is 36.8 Å². The minimum absolute atomic E-state index is 0.412. The summed E-state index contributed by atoms with van der Waals surface area (Å²) in [5.74, 6) is 1.17. The van der Waals surface area contributed by atoms with Crippen molar-refractivity contribution in [1.82, 2.24) is 5.32 Å². The Morgan fingerprint density at radius 2 is 2.06 bits per heavy atom. The van der Waals surface area contributed by atoms with Gasteiger partial charge in [0.2, 0.25) is 0 Å². The second-order valence-electron chi connectivity index (χ2n) is 5.24. The smallest absolute Gasteiger partial charge is 0.115 e. The first kappa shape index (κ1) is 10.2. The highest BCUT2D eigenvalue weighted by molar-refractivity contribution is 5.36. The monoisotopic (exact) mass is 217 g/mol. The summed E-state index contributed by atoms with van der Waals surface area (Å²) in [6, 6.07) is 6.64. The Morgan fingerprint density at radius 1 is 1.19 bits per heavy atom. The Labute approximate surface area is 96.7 Å². The van der Waals surface area contributed by atoms with E-state index < -0.39 is 0 Å². The quantitative estimate of drug-likeness (QED) is 0.814. The van der Waals surface area contributed by atoms with Crippen molar-refractivity contribution in [2.75, 3.05) is 6.54 Å². The van der Waals surface area contributed by atoms with E-state index >= 15 is 0 Å². The summed E-state index contributed by atoms with van der Waals surface area (Å²) in [6.45, 7) is 1.15. The van der Waals surface area contributed by atoms with Crippen LogP contribution >= 0.6 is 0 Å². The molecule has 0 aromatic heterocycles. The first-order valence-electron chi connectivity index (χ1n) is 6.35. The SMILES string of the molecule is Oc1ccc2c(c1)CC(CNC1CC1)CC2. The van der Waals surface area contributed by atoms with Crippen LogP contribution in [0.1, 0.15) is 30.4 Å². The maximum atomic E-state index is 9.49. The van der Waals surface area contributed by atoms with Crippen LogP contribution in [0.4, 0.5) is 0 Å². The molecule has 0 spiro atoms. The fourth-order valence-corrected chi connectivity index (χ4v) is 2.61. The second-order valence-corrected chi connectivity index (χ2v) is 5.24. The highest BCUT2D eigenvalue weighted by Crippen LogP contribution is 2.28. The molecule has 16 heavy (non-hydrogen) atoms. The van der Waals surface area contributed by atoms with Gasteiger partial charge in [-0.2, -0.15) is 0 Å². The number of fused-ring (bicyclic) bond motifs is 1. The summed E-state index contributed by atoms with van der Waals surface area (Å²) < 4.78 is 0. The summed E-state index contributed by atoms with van der Waals surface area (Å²) in [7, 11) is 0. The molecule has 2 heteroatoms. The average molecular weight is 217 g/mol. The molecule has 2 aliphatic rings. The fraction of sp³-hybridized carbons (Fsp3) is 0.571. The van der Waals surface area contributed by atoms with E-state index in [1.807, 2.05) is 12.1 Å². The molecule has 1 aromatic rings. The van der Waals surface area contributed by atoms with Crippen molar-refractivity contribution in [1.29, 1.82) is 0 Å². The van der Waals surface area contributed by atoms with Crippen LogP contribution in [0.5, 0.6) is 5.75 Å². The number of phenolic OH excluding ortho intramolecular Hbond substituents is 1. The van der Waals surface area contributed by atoms with Crippen LogP contribution in [0.2, 0.25) is 0 Å². The molecule has 0 saturated heterocycles. The third-order valence-electron chi connectivity index (χ3n) is 3.79. The Hall–Kier alpha value is -1.02. The molecule has 1 unspecified atom stereocenters. The van der Waals surface area contributed by atoms with Crippen molar-refractivity contribution in [3.05, 3.63) is 29.3 Å². The first-order chi connectivity index (χ1) is 7.81. The van der Waals surface area contributed by atoms with Crippen molar-refractivity contribution < 1.29 is 5.11 Å². The van der Waals surface area contributed by atoms with Crippen LogP contribution < -0.4 is 5.32 Å². The molecule has 1 atom stereocenters. The molecule has 3 rings (SSSR count). The Morgan fingerprint density at radius 3 is 2.88 bits per heavy atom. The van der Waals surface area contributed by atoms with Gasteiger partial charge in [-0.25, -0.2) is 0 Å². The molecular weight excluding hydrogens is 198 g/mol. The number of rotatable bonds is 3.